The molecular formula is C19H28N4O. The first-order valence-electron chi connectivity index (χ1n) is 9.19. The first kappa shape index (κ1) is 15.9. The van der Waals surface area contributed by atoms with Gasteiger partial charge in [0.1, 0.15) is 0 Å². The molecule has 0 aliphatic carbocycles. The number of amides is 1. The summed E-state index contributed by atoms with van der Waals surface area (Å²) < 4.78 is 0. The van der Waals surface area contributed by atoms with Gasteiger partial charge in [0, 0.05) is 51.5 Å². The smallest absolute Gasteiger partial charge is 0.239 e. The lowest BCUT2D eigenvalue weighted by Crippen LogP contribution is -2.59. The number of carbonyl (C=O) groups excluding carboxylic acids is 1. The molecule has 4 rings (SSSR count). The van der Waals surface area contributed by atoms with E-state index in [-0.39, 0.29) is 6.04 Å². The largest absolute Gasteiger partial charge is 0.364 e. The summed E-state index contributed by atoms with van der Waals surface area (Å²) in [5.41, 5.74) is 2.81. The Hall–Kier alpha value is -1.59. The van der Waals surface area contributed by atoms with Crippen molar-refractivity contribution in [2.45, 2.75) is 25.4 Å². The van der Waals surface area contributed by atoms with Crippen LogP contribution in [0.3, 0.4) is 0 Å². The molecule has 0 spiro atoms. The molecule has 0 aromatic heterocycles. The van der Waals surface area contributed by atoms with Gasteiger partial charge in [0.05, 0.1) is 12.1 Å². The van der Waals surface area contributed by atoms with Gasteiger partial charge in [0.25, 0.3) is 0 Å². The van der Waals surface area contributed by atoms with E-state index in [9.17, 15) is 4.79 Å². The summed E-state index contributed by atoms with van der Waals surface area (Å²) >= 11 is 0. The minimum atomic E-state index is 0.00836. The third-order valence-corrected chi connectivity index (χ3v) is 5.99. The van der Waals surface area contributed by atoms with Gasteiger partial charge in [0.15, 0.2) is 0 Å². The Labute approximate surface area is 144 Å². The van der Waals surface area contributed by atoms with Crippen molar-refractivity contribution >= 4 is 11.6 Å². The van der Waals surface area contributed by atoms with Gasteiger partial charge in [-0.3, -0.25) is 9.69 Å². The molecule has 2 saturated heterocycles. The standard InChI is InChI=1S/C19H28N4O/c1-15(21-9-7-20(2)8-10-21)19(24)22-11-12-23-17(14-22)13-16-5-3-4-6-18(16)23/h3-6,15,17H,7-14H2,1-2H3/t15-,17+/m0/s1. The number of hydrogen-bond donors (Lipinski definition) is 0. The molecule has 2 fully saturated rings. The van der Waals surface area contributed by atoms with Crippen LogP contribution in [0.15, 0.2) is 24.3 Å². The van der Waals surface area contributed by atoms with Gasteiger partial charge >= 0.3 is 0 Å². The third-order valence-electron chi connectivity index (χ3n) is 5.99. The minimum Gasteiger partial charge on any atom is -0.364 e. The molecule has 3 aliphatic heterocycles. The molecule has 130 valence electrons. The Morgan fingerprint density at radius 2 is 1.83 bits per heavy atom. The van der Waals surface area contributed by atoms with Crippen LogP contribution in [-0.2, 0) is 11.2 Å². The highest BCUT2D eigenvalue weighted by Crippen LogP contribution is 2.34. The summed E-state index contributed by atoms with van der Waals surface area (Å²) in [6, 6.07) is 9.16. The Bertz CT molecular complexity index is 611. The Morgan fingerprint density at radius 1 is 1.08 bits per heavy atom. The Kier molecular flexibility index (Phi) is 4.22. The van der Waals surface area contributed by atoms with Crippen LogP contribution in [0.5, 0.6) is 0 Å². The molecule has 1 amide bonds. The molecule has 1 aromatic carbocycles. The number of carbonyl (C=O) groups is 1. The highest BCUT2D eigenvalue weighted by atomic mass is 16.2. The van der Waals surface area contributed by atoms with Crippen LogP contribution in [0, 0.1) is 0 Å². The van der Waals surface area contributed by atoms with E-state index >= 15 is 0 Å². The average molecular weight is 328 g/mol. The molecule has 0 unspecified atom stereocenters. The van der Waals surface area contributed by atoms with Crippen molar-refractivity contribution in [1.82, 2.24) is 14.7 Å². The average Bonchev–Trinajstić information content (AvgIpc) is 2.99. The maximum Gasteiger partial charge on any atom is 0.239 e. The number of benzene rings is 1. The second-order valence-electron chi connectivity index (χ2n) is 7.48. The van der Waals surface area contributed by atoms with Gasteiger partial charge < -0.3 is 14.7 Å². The van der Waals surface area contributed by atoms with Gasteiger partial charge in [-0.25, -0.2) is 0 Å². The molecule has 0 N–H and O–H groups in total. The zero-order valence-electron chi connectivity index (χ0n) is 14.8. The van der Waals surface area contributed by atoms with E-state index < -0.39 is 0 Å². The maximum atomic E-state index is 13.0. The number of fused-ring (bicyclic) bond motifs is 3. The van der Waals surface area contributed by atoms with Crippen LogP contribution in [0.1, 0.15) is 12.5 Å². The topological polar surface area (TPSA) is 30.0 Å². The van der Waals surface area contributed by atoms with E-state index in [0.29, 0.717) is 11.9 Å². The number of para-hydroxylation sites is 1. The molecular weight excluding hydrogens is 300 g/mol. The number of anilines is 1. The van der Waals surface area contributed by atoms with Crippen molar-refractivity contribution in [3.63, 3.8) is 0 Å². The maximum absolute atomic E-state index is 13.0. The van der Waals surface area contributed by atoms with Crippen LogP contribution < -0.4 is 4.90 Å². The molecule has 5 nitrogen and oxygen atoms in total. The van der Waals surface area contributed by atoms with Gasteiger partial charge in [0.2, 0.25) is 5.91 Å². The van der Waals surface area contributed by atoms with E-state index in [0.717, 1.165) is 52.2 Å². The number of hydrogen-bond acceptors (Lipinski definition) is 4. The van der Waals surface area contributed by atoms with Crippen LogP contribution in [0.25, 0.3) is 0 Å². The summed E-state index contributed by atoms with van der Waals surface area (Å²) in [5.74, 6) is 0.315. The lowest BCUT2D eigenvalue weighted by molar-refractivity contribution is -0.137. The normalized spacial score (nSPS) is 26.2. The van der Waals surface area contributed by atoms with Crippen LogP contribution in [0.4, 0.5) is 5.69 Å². The summed E-state index contributed by atoms with van der Waals surface area (Å²) in [5, 5.41) is 0. The first-order valence-corrected chi connectivity index (χ1v) is 9.19. The molecule has 5 heteroatoms. The monoisotopic (exact) mass is 328 g/mol. The number of piperazine rings is 2. The predicted octanol–water partition coefficient (Wildman–Crippen LogP) is 0.896. The number of likely N-dealkylation sites (N-methyl/N-ethyl adjacent to an activating group) is 1. The second kappa shape index (κ2) is 6.37. The van der Waals surface area contributed by atoms with E-state index in [1.807, 2.05) is 0 Å². The molecule has 1 aromatic rings. The van der Waals surface area contributed by atoms with Crippen LogP contribution in [-0.4, -0.2) is 85.6 Å². The Balaban J connectivity index is 1.39. The quantitative estimate of drug-likeness (QED) is 0.807. The first-order chi connectivity index (χ1) is 11.6. The highest BCUT2D eigenvalue weighted by molar-refractivity contribution is 5.82. The summed E-state index contributed by atoms with van der Waals surface area (Å²) in [7, 11) is 2.15. The molecule has 0 bridgehead atoms. The fraction of sp³-hybridized carbons (Fsp3) is 0.632. The number of rotatable bonds is 2. The van der Waals surface area contributed by atoms with E-state index in [1.54, 1.807) is 0 Å². The van der Waals surface area contributed by atoms with Crippen molar-refractivity contribution in [2.24, 2.45) is 0 Å². The molecule has 0 saturated carbocycles. The van der Waals surface area contributed by atoms with Gasteiger partial charge in [-0.05, 0) is 32.0 Å². The van der Waals surface area contributed by atoms with Gasteiger partial charge in [-0.1, -0.05) is 18.2 Å². The summed E-state index contributed by atoms with van der Waals surface area (Å²) in [4.78, 5) is 22.3. The minimum absolute atomic E-state index is 0.00836. The summed E-state index contributed by atoms with van der Waals surface area (Å²) in [6.07, 6.45) is 1.07. The molecule has 3 heterocycles. The Morgan fingerprint density at radius 3 is 2.62 bits per heavy atom. The molecule has 3 aliphatic rings. The SMILES string of the molecule is C[C@@H](C(=O)N1CCN2c3ccccc3C[C@@H]2C1)N1CCN(C)CC1. The summed E-state index contributed by atoms with van der Waals surface area (Å²) in [6.45, 7) is 8.88. The molecule has 0 radical (unpaired) electrons. The second-order valence-corrected chi connectivity index (χ2v) is 7.48. The van der Waals surface area contributed by atoms with Crippen molar-refractivity contribution < 1.29 is 4.79 Å². The third kappa shape index (κ3) is 2.80. The predicted molar refractivity (Wildman–Crippen MR) is 96.4 cm³/mol. The van der Waals surface area contributed by atoms with Crippen LogP contribution in [0.2, 0.25) is 0 Å². The zero-order chi connectivity index (χ0) is 16.7. The van der Waals surface area contributed by atoms with E-state index in [4.69, 9.17) is 0 Å². The van der Waals surface area contributed by atoms with Crippen molar-refractivity contribution in [3.05, 3.63) is 29.8 Å². The van der Waals surface area contributed by atoms with Crippen molar-refractivity contribution in [3.8, 4) is 0 Å². The van der Waals surface area contributed by atoms with Crippen molar-refractivity contribution in [1.29, 1.82) is 0 Å². The van der Waals surface area contributed by atoms with Crippen LogP contribution >= 0.6 is 0 Å². The fourth-order valence-electron chi connectivity index (χ4n) is 4.39. The number of nitrogens with zero attached hydrogens (tertiary/aromatic N) is 4. The lowest BCUT2D eigenvalue weighted by atomic mass is 10.1. The molecule has 24 heavy (non-hydrogen) atoms. The van der Waals surface area contributed by atoms with Gasteiger partial charge in [-0.2, -0.15) is 0 Å². The van der Waals surface area contributed by atoms with E-state index in [1.165, 1.54) is 11.3 Å². The highest BCUT2D eigenvalue weighted by Gasteiger charge is 2.37. The van der Waals surface area contributed by atoms with Crippen molar-refractivity contribution in [2.75, 3.05) is 57.8 Å². The van der Waals surface area contributed by atoms with E-state index in [2.05, 4.69) is 57.8 Å². The fourth-order valence-corrected chi connectivity index (χ4v) is 4.39. The zero-order valence-corrected chi connectivity index (χ0v) is 14.8. The molecule has 2 atom stereocenters. The van der Waals surface area contributed by atoms with Gasteiger partial charge in [-0.15, -0.1) is 0 Å². The lowest BCUT2D eigenvalue weighted by Gasteiger charge is -2.42.